The van der Waals surface area contributed by atoms with Gasteiger partial charge in [0.05, 0.1) is 12.2 Å². The Labute approximate surface area is 114 Å². The van der Waals surface area contributed by atoms with Gasteiger partial charge in [0.15, 0.2) is 0 Å². The van der Waals surface area contributed by atoms with E-state index in [0.29, 0.717) is 0 Å². The minimum atomic E-state index is -0.0945. The molecule has 0 aromatic rings. The van der Waals surface area contributed by atoms with Crippen LogP contribution in [0.25, 0.3) is 0 Å². The lowest BCUT2D eigenvalue weighted by atomic mass is 10.3. The maximum absolute atomic E-state index is 5.38. The van der Waals surface area contributed by atoms with E-state index in [2.05, 4.69) is 31.9 Å². The number of rotatable bonds is 8. The van der Waals surface area contributed by atoms with Crippen molar-refractivity contribution in [3.8, 4) is 0 Å². The molecular formula is C10H18Br2O4. The third-order valence-corrected chi connectivity index (χ3v) is 4.49. The second-order valence-electron chi connectivity index (χ2n) is 3.13. The van der Waals surface area contributed by atoms with Crippen LogP contribution in [-0.2, 0) is 18.9 Å². The van der Waals surface area contributed by atoms with E-state index in [-0.39, 0.29) is 25.8 Å². The average molecular weight is 362 g/mol. The number of ether oxygens (including phenoxy) is 4. The molecule has 2 unspecified atom stereocenters. The Morgan fingerprint density at radius 1 is 0.875 bits per heavy atom. The lowest BCUT2D eigenvalue weighted by Gasteiger charge is -2.18. The van der Waals surface area contributed by atoms with Gasteiger partial charge in [-0.2, -0.15) is 0 Å². The van der Waals surface area contributed by atoms with Crippen LogP contribution in [0.1, 0.15) is 13.8 Å². The summed E-state index contributed by atoms with van der Waals surface area (Å²) in [6.07, 6.45) is -0.189. The molecule has 0 rings (SSSR count). The summed E-state index contributed by atoms with van der Waals surface area (Å²) in [5.41, 5.74) is 0. The van der Waals surface area contributed by atoms with Gasteiger partial charge >= 0.3 is 0 Å². The van der Waals surface area contributed by atoms with Gasteiger partial charge in [0.1, 0.15) is 13.6 Å². The third kappa shape index (κ3) is 6.32. The van der Waals surface area contributed by atoms with Crippen molar-refractivity contribution >= 4 is 31.9 Å². The fourth-order valence-electron chi connectivity index (χ4n) is 0.875. The molecule has 0 fully saturated rings. The number of hydrogen-bond donors (Lipinski definition) is 0. The van der Waals surface area contributed by atoms with Crippen molar-refractivity contribution < 1.29 is 18.9 Å². The Hall–Kier alpha value is 0.540. The van der Waals surface area contributed by atoms with Crippen LogP contribution in [0, 0.1) is 0 Å². The maximum Gasteiger partial charge on any atom is 0.147 e. The van der Waals surface area contributed by atoms with Gasteiger partial charge in [0, 0.05) is 23.2 Å². The quantitative estimate of drug-likeness (QED) is 0.623. The Morgan fingerprint density at radius 3 is 1.44 bits per heavy atom. The molecule has 0 bridgehead atoms. The Kier molecular flexibility index (Phi) is 9.88. The van der Waals surface area contributed by atoms with Gasteiger partial charge in [-0.25, -0.2) is 0 Å². The number of halogens is 2. The summed E-state index contributed by atoms with van der Waals surface area (Å²) in [7, 11) is 3.17. The van der Waals surface area contributed by atoms with Crippen molar-refractivity contribution in [2.75, 3.05) is 27.8 Å². The lowest BCUT2D eigenvalue weighted by Crippen LogP contribution is -2.16. The van der Waals surface area contributed by atoms with Crippen LogP contribution in [-0.4, -0.2) is 40.0 Å². The van der Waals surface area contributed by atoms with Crippen molar-refractivity contribution in [1.29, 1.82) is 0 Å². The van der Waals surface area contributed by atoms with Crippen LogP contribution in [0.2, 0.25) is 0 Å². The molecule has 4 nitrogen and oxygen atoms in total. The second kappa shape index (κ2) is 9.56. The van der Waals surface area contributed by atoms with Gasteiger partial charge in [0.2, 0.25) is 0 Å². The number of hydrogen-bond acceptors (Lipinski definition) is 4. The topological polar surface area (TPSA) is 36.9 Å². The van der Waals surface area contributed by atoms with E-state index in [0.717, 1.165) is 8.96 Å². The largest absolute Gasteiger partial charge is 0.359 e. The fraction of sp³-hybridized carbons (Fsp3) is 0.800. The lowest BCUT2D eigenvalue weighted by molar-refractivity contribution is -0.0563. The van der Waals surface area contributed by atoms with Crippen LogP contribution < -0.4 is 0 Å². The highest BCUT2D eigenvalue weighted by atomic mass is 79.9. The van der Waals surface area contributed by atoms with E-state index in [1.807, 2.05) is 13.8 Å². The first-order valence-electron chi connectivity index (χ1n) is 4.80. The molecule has 0 heterocycles. The zero-order valence-corrected chi connectivity index (χ0v) is 13.1. The minimum absolute atomic E-state index is 0.0945. The van der Waals surface area contributed by atoms with Crippen LogP contribution in [0.5, 0.6) is 0 Å². The van der Waals surface area contributed by atoms with Crippen LogP contribution >= 0.6 is 31.9 Å². The summed E-state index contributed by atoms with van der Waals surface area (Å²) in [6, 6.07) is 0. The van der Waals surface area contributed by atoms with Crippen LogP contribution in [0.4, 0.5) is 0 Å². The first-order valence-corrected chi connectivity index (χ1v) is 6.39. The van der Waals surface area contributed by atoms with E-state index in [1.165, 1.54) is 0 Å². The van der Waals surface area contributed by atoms with E-state index < -0.39 is 0 Å². The van der Waals surface area contributed by atoms with E-state index in [1.54, 1.807) is 14.2 Å². The van der Waals surface area contributed by atoms with Gasteiger partial charge in [-0.1, -0.05) is 31.9 Å². The molecule has 0 saturated heterocycles. The molecule has 0 aliphatic carbocycles. The number of methoxy groups -OCH3 is 2. The third-order valence-electron chi connectivity index (χ3n) is 1.81. The van der Waals surface area contributed by atoms with Crippen molar-refractivity contribution in [3.05, 3.63) is 8.96 Å². The van der Waals surface area contributed by atoms with Gasteiger partial charge < -0.3 is 18.9 Å². The normalized spacial score (nSPS) is 16.9. The molecule has 6 heteroatoms. The van der Waals surface area contributed by atoms with Gasteiger partial charge in [0.25, 0.3) is 0 Å². The highest BCUT2D eigenvalue weighted by Gasteiger charge is 2.16. The standard InChI is InChI=1S/C10H18Br2O4/c1-7(15-5-13-3)9(11)10(12)8(2)16-6-14-4/h7-8H,5-6H2,1-4H3/b10-9+. The van der Waals surface area contributed by atoms with Crippen LogP contribution in [0.3, 0.4) is 0 Å². The average Bonchev–Trinajstić information content (AvgIpc) is 2.30. The maximum atomic E-state index is 5.38. The van der Waals surface area contributed by atoms with E-state index in [4.69, 9.17) is 18.9 Å². The highest BCUT2D eigenvalue weighted by molar-refractivity contribution is 9.14. The molecule has 96 valence electrons. The molecule has 0 amide bonds. The van der Waals surface area contributed by atoms with Gasteiger partial charge in [-0.3, -0.25) is 0 Å². The molecule has 0 aromatic heterocycles. The Balaban J connectivity index is 4.30. The Morgan fingerprint density at radius 2 is 1.19 bits per heavy atom. The van der Waals surface area contributed by atoms with E-state index >= 15 is 0 Å². The summed E-state index contributed by atoms with van der Waals surface area (Å²) in [5.74, 6) is 0. The summed E-state index contributed by atoms with van der Waals surface area (Å²) >= 11 is 6.93. The molecule has 0 radical (unpaired) electrons. The SMILES string of the molecule is COCOC(C)/C(Br)=C(\Br)C(C)OCOC. The summed E-state index contributed by atoms with van der Waals surface area (Å²) in [6.45, 7) is 4.36. The summed E-state index contributed by atoms with van der Waals surface area (Å²) < 4.78 is 22.2. The summed E-state index contributed by atoms with van der Waals surface area (Å²) in [5, 5.41) is 0. The van der Waals surface area contributed by atoms with Crippen molar-refractivity contribution in [1.82, 2.24) is 0 Å². The summed E-state index contributed by atoms with van der Waals surface area (Å²) in [4.78, 5) is 0. The smallest absolute Gasteiger partial charge is 0.147 e. The van der Waals surface area contributed by atoms with Crippen molar-refractivity contribution in [2.24, 2.45) is 0 Å². The molecule has 0 aromatic carbocycles. The zero-order valence-electron chi connectivity index (χ0n) is 9.96. The van der Waals surface area contributed by atoms with Crippen LogP contribution in [0.15, 0.2) is 8.96 Å². The molecule has 2 atom stereocenters. The molecule has 0 aliphatic heterocycles. The molecule has 0 N–H and O–H groups in total. The monoisotopic (exact) mass is 360 g/mol. The predicted molar refractivity (Wildman–Crippen MR) is 69.7 cm³/mol. The minimum Gasteiger partial charge on any atom is -0.359 e. The predicted octanol–water partition coefficient (Wildman–Crippen LogP) is 3.01. The highest BCUT2D eigenvalue weighted by Crippen LogP contribution is 2.27. The molecular weight excluding hydrogens is 344 g/mol. The van der Waals surface area contributed by atoms with Gasteiger partial charge in [-0.05, 0) is 13.8 Å². The van der Waals surface area contributed by atoms with E-state index in [9.17, 15) is 0 Å². The van der Waals surface area contributed by atoms with Crippen molar-refractivity contribution in [2.45, 2.75) is 26.1 Å². The first-order chi connectivity index (χ1) is 7.54. The van der Waals surface area contributed by atoms with Gasteiger partial charge in [-0.15, -0.1) is 0 Å². The molecule has 16 heavy (non-hydrogen) atoms. The first kappa shape index (κ1) is 16.5. The molecule has 0 aliphatic rings. The molecule has 0 saturated carbocycles. The fourth-order valence-corrected chi connectivity index (χ4v) is 1.78. The second-order valence-corrected chi connectivity index (χ2v) is 4.84. The van der Waals surface area contributed by atoms with Crippen molar-refractivity contribution in [3.63, 3.8) is 0 Å². The Bertz CT molecular complexity index is 199. The zero-order chi connectivity index (χ0) is 12.6. The molecule has 0 spiro atoms.